The molecule has 0 amide bonds. The maximum atomic E-state index is 12.2. The number of hydrogen-bond donors (Lipinski definition) is 3. The average Bonchev–Trinajstić information content (AvgIpc) is 3.32. The van der Waals surface area contributed by atoms with Gasteiger partial charge in [-0.05, 0) is 48.7 Å². The van der Waals surface area contributed by atoms with Gasteiger partial charge in [-0.15, -0.1) is 0 Å². The lowest BCUT2D eigenvalue weighted by Crippen LogP contribution is -2.44. The third kappa shape index (κ3) is 3.97. The molecule has 3 atom stereocenters. The van der Waals surface area contributed by atoms with Gasteiger partial charge >= 0.3 is 0 Å². The quantitative estimate of drug-likeness (QED) is 0.559. The van der Waals surface area contributed by atoms with Crippen molar-refractivity contribution in [1.29, 1.82) is 4.78 Å². The fourth-order valence-electron chi connectivity index (χ4n) is 4.45. The highest BCUT2D eigenvalue weighted by Gasteiger charge is 2.25. The van der Waals surface area contributed by atoms with Gasteiger partial charge in [0.05, 0.1) is 46.2 Å². The van der Waals surface area contributed by atoms with E-state index in [1.807, 2.05) is 24.4 Å². The summed E-state index contributed by atoms with van der Waals surface area (Å²) in [5, 5.41) is 1.03. The van der Waals surface area contributed by atoms with Crippen molar-refractivity contribution in [3.05, 3.63) is 48.3 Å². The van der Waals surface area contributed by atoms with Gasteiger partial charge in [-0.1, -0.05) is 12.1 Å². The maximum Gasteiger partial charge on any atom is 0.130 e. The van der Waals surface area contributed by atoms with E-state index in [9.17, 15) is 4.21 Å². The van der Waals surface area contributed by atoms with Crippen molar-refractivity contribution in [1.82, 2.24) is 20.8 Å². The van der Waals surface area contributed by atoms with Crippen LogP contribution < -0.4 is 15.8 Å². The van der Waals surface area contributed by atoms with Gasteiger partial charge in [0, 0.05) is 35.8 Å². The number of hydrogen-bond acceptors (Lipinski definition) is 8. The van der Waals surface area contributed by atoms with Crippen LogP contribution in [-0.4, -0.2) is 52.8 Å². The number of rotatable bonds is 4. The van der Waals surface area contributed by atoms with Crippen LogP contribution in [-0.2, 0) is 14.5 Å². The SMILES string of the molecule is C[C@@H]1COCCN1c1cc(-c2ccc(S(C)(=N)=O)cc2)c2ccnc(C3CCNN3)c2n1. The molecule has 2 aliphatic rings. The second-order valence-corrected chi connectivity index (χ2v) is 10.7. The summed E-state index contributed by atoms with van der Waals surface area (Å²) in [5.74, 6) is 0.910. The first kappa shape index (κ1) is 21.3. The zero-order chi connectivity index (χ0) is 22.3. The first-order chi connectivity index (χ1) is 15.4. The van der Waals surface area contributed by atoms with Gasteiger partial charge in [-0.25, -0.2) is 19.4 Å². The smallest absolute Gasteiger partial charge is 0.130 e. The molecule has 32 heavy (non-hydrogen) atoms. The molecule has 0 bridgehead atoms. The molecule has 0 saturated carbocycles. The van der Waals surface area contributed by atoms with Gasteiger partial charge in [0.1, 0.15) is 5.82 Å². The molecule has 0 radical (unpaired) electrons. The summed E-state index contributed by atoms with van der Waals surface area (Å²) in [5.41, 5.74) is 10.4. The van der Waals surface area contributed by atoms with Crippen molar-refractivity contribution in [3.63, 3.8) is 0 Å². The molecule has 168 valence electrons. The number of aromatic nitrogens is 2. The Balaban J connectivity index is 1.70. The molecule has 1 aromatic carbocycles. The number of pyridine rings is 2. The summed E-state index contributed by atoms with van der Waals surface area (Å²) < 4.78 is 25.7. The van der Waals surface area contributed by atoms with Gasteiger partial charge in [0.2, 0.25) is 0 Å². The predicted molar refractivity (Wildman–Crippen MR) is 126 cm³/mol. The number of nitrogens with one attached hydrogen (secondary N) is 3. The molecule has 2 unspecified atom stereocenters. The van der Waals surface area contributed by atoms with Crippen LogP contribution in [0.3, 0.4) is 0 Å². The fourth-order valence-corrected chi connectivity index (χ4v) is 5.11. The second kappa shape index (κ2) is 8.40. The third-order valence-corrected chi connectivity index (χ3v) is 7.36. The van der Waals surface area contributed by atoms with E-state index in [-0.39, 0.29) is 12.1 Å². The minimum absolute atomic E-state index is 0.104. The molecule has 2 aliphatic heterocycles. The summed E-state index contributed by atoms with van der Waals surface area (Å²) in [6, 6.07) is 11.9. The number of fused-ring (bicyclic) bond motifs is 1. The third-order valence-electron chi connectivity index (χ3n) is 6.18. The van der Waals surface area contributed by atoms with Crippen LogP contribution in [0.2, 0.25) is 0 Å². The van der Waals surface area contributed by atoms with Crippen LogP contribution >= 0.6 is 0 Å². The van der Waals surface area contributed by atoms with E-state index in [2.05, 4.69) is 28.7 Å². The molecule has 4 heterocycles. The Morgan fingerprint density at radius 3 is 2.75 bits per heavy atom. The first-order valence-corrected chi connectivity index (χ1v) is 12.8. The maximum absolute atomic E-state index is 12.2. The summed E-state index contributed by atoms with van der Waals surface area (Å²) in [6.45, 7) is 5.18. The molecule has 5 rings (SSSR count). The molecule has 0 spiro atoms. The highest BCUT2D eigenvalue weighted by Crippen LogP contribution is 2.35. The van der Waals surface area contributed by atoms with Gasteiger partial charge in [-0.2, -0.15) is 0 Å². The highest BCUT2D eigenvalue weighted by molar-refractivity contribution is 7.91. The van der Waals surface area contributed by atoms with E-state index in [4.69, 9.17) is 19.5 Å². The van der Waals surface area contributed by atoms with Crippen molar-refractivity contribution in [3.8, 4) is 11.1 Å². The molecule has 2 aromatic heterocycles. The number of benzene rings is 1. The van der Waals surface area contributed by atoms with Gasteiger partial charge in [-0.3, -0.25) is 10.4 Å². The molecule has 3 N–H and O–H groups in total. The lowest BCUT2D eigenvalue weighted by molar-refractivity contribution is 0.0986. The Morgan fingerprint density at radius 2 is 2.06 bits per heavy atom. The van der Waals surface area contributed by atoms with Crippen molar-refractivity contribution >= 4 is 26.4 Å². The van der Waals surface area contributed by atoms with E-state index in [1.165, 1.54) is 6.26 Å². The normalized spacial score (nSPS) is 23.4. The van der Waals surface area contributed by atoms with E-state index in [0.29, 0.717) is 18.1 Å². The number of hydrazine groups is 1. The van der Waals surface area contributed by atoms with Crippen LogP contribution in [0.1, 0.15) is 25.1 Å². The van der Waals surface area contributed by atoms with Crippen LogP contribution in [0, 0.1) is 4.78 Å². The number of anilines is 1. The van der Waals surface area contributed by atoms with Gasteiger partial charge in [0.15, 0.2) is 0 Å². The van der Waals surface area contributed by atoms with Crippen LogP contribution in [0.4, 0.5) is 5.82 Å². The molecule has 2 fully saturated rings. The fraction of sp³-hybridized carbons (Fsp3) is 0.391. The topological polar surface area (TPSA) is 103 Å². The second-order valence-electron chi connectivity index (χ2n) is 8.52. The van der Waals surface area contributed by atoms with Crippen molar-refractivity contribution in [2.24, 2.45) is 0 Å². The molecule has 0 aliphatic carbocycles. The zero-order valence-electron chi connectivity index (χ0n) is 18.3. The van der Waals surface area contributed by atoms with E-state index >= 15 is 0 Å². The minimum atomic E-state index is -2.75. The molecule has 8 nitrogen and oxygen atoms in total. The molecule has 9 heteroatoms. The van der Waals surface area contributed by atoms with E-state index in [1.54, 1.807) is 12.1 Å². The standard InChI is InChI=1S/C23H28N6O2S/c1-15-14-31-12-11-29(15)21-13-19(16-3-5-17(6-4-16)32(2,24)30)18-7-9-25-23(22(18)27-21)20-8-10-26-28-20/h3-7,9,13,15,20,24,26,28H,8,10-12,14H2,1-2H3/t15-,20?,32?/m1/s1. The molecule has 2 saturated heterocycles. The van der Waals surface area contributed by atoms with E-state index < -0.39 is 9.73 Å². The summed E-state index contributed by atoms with van der Waals surface area (Å²) in [6.07, 6.45) is 4.24. The molecular formula is C23H28N6O2S. The zero-order valence-corrected chi connectivity index (χ0v) is 19.1. The Hall–Kier alpha value is -2.59. The first-order valence-electron chi connectivity index (χ1n) is 10.9. The lowest BCUT2D eigenvalue weighted by Gasteiger charge is -2.34. The van der Waals surface area contributed by atoms with Crippen molar-refractivity contribution < 1.29 is 8.95 Å². The minimum Gasteiger partial charge on any atom is -0.377 e. The predicted octanol–water partition coefficient (Wildman–Crippen LogP) is 3.10. The number of ether oxygens (including phenoxy) is 1. The van der Waals surface area contributed by atoms with Crippen LogP contribution in [0.25, 0.3) is 22.0 Å². The van der Waals surface area contributed by atoms with Gasteiger partial charge < -0.3 is 9.64 Å². The Bertz CT molecular complexity index is 1240. The Labute approximate surface area is 188 Å². The monoisotopic (exact) mass is 452 g/mol. The number of morpholine rings is 1. The highest BCUT2D eigenvalue weighted by atomic mass is 32.2. The van der Waals surface area contributed by atoms with Crippen LogP contribution in [0.5, 0.6) is 0 Å². The van der Waals surface area contributed by atoms with Crippen molar-refractivity contribution in [2.75, 3.05) is 37.5 Å². The number of nitrogens with zero attached hydrogens (tertiary/aromatic N) is 3. The van der Waals surface area contributed by atoms with Crippen LogP contribution in [0.15, 0.2) is 47.5 Å². The van der Waals surface area contributed by atoms with Crippen molar-refractivity contribution in [2.45, 2.75) is 30.3 Å². The largest absolute Gasteiger partial charge is 0.377 e. The average molecular weight is 453 g/mol. The molecular weight excluding hydrogens is 424 g/mol. The summed E-state index contributed by atoms with van der Waals surface area (Å²) >= 11 is 0. The molecule has 3 aromatic rings. The Kier molecular flexibility index (Phi) is 5.58. The summed E-state index contributed by atoms with van der Waals surface area (Å²) in [7, 11) is -2.75. The van der Waals surface area contributed by atoms with Gasteiger partial charge in [0.25, 0.3) is 0 Å². The van der Waals surface area contributed by atoms with E-state index in [0.717, 1.165) is 53.1 Å². The summed E-state index contributed by atoms with van der Waals surface area (Å²) in [4.78, 5) is 12.6. The Morgan fingerprint density at radius 1 is 1.25 bits per heavy atom. The lowest BCUT2D eigenvalue weighted by atomic mass is 9.99.